The van der Waals surface area contributed by atoms with E-state index in [9.17, 15) is 18.0 Å². The molecule has 1 aliphatic heterocycles. The number of carbonyl (C=O) groups excluding carboxylic acids is 1. The van der Waals surface area contributed by atoms with Gasteiger partial charge in [-0.3, -0.25) is 4.90 Å². The van der Waals surface area contributed by atoms with E-state index < -0.39 is 17.8 Å². The van der Waals surface area contributed by atoms with Crippen LogP contribution in [-0.2, 0) is 6.18 Å². The third-order valence-electron chi connectivity index (χ3n) is 6.13. The molecule has 1 aromatic carbocycles. The molecule has 0 aromatic heterocycles. The average Bonchev–Trinajstić information content (AvgIpc) is 2.75. The van der Waals surface area contributed by atoms with Crippen LogP contribution < -0.4 is 4.74 Å². The van der Waals surface area contributed by atoms with Gasteiger partial charge in [-0.25, -0.2) is 4.79 Å². The van der Waals surface area contributed by atoms with Gasteiger partial charge in [0.1, 0.15) is 5.75 Å². The van der Waals surface area contributed by atoms with Crippen molar-refractivity contribution in [3.63, 3.8) is 0 Å². The van der Waals surface area contributed by atoms with Gasteiger partial charge in [0.15, 0.2) is 0 Å². The van der Waals surface area contributed by atoms with Crippen LogP contribution in [0.4, 0.5) is 18.0 Å². The molecule has 2 fully saturated rings. The molecule has 0 spiro atoms. The number of hydrogen-bond donors (Lipinski definition) is 0. The highest BCUT2D eigenvalue weighted by Gasteiger charge is 2.30. The van der Waals surface area contributed by atoms with E-state index in [4.69, 9.17) is 4.74 Å². The Morgan fingerprint density at radius 2 is 1.74 bits per heavy atom. The minimum atomic E-state index is -4.41. The second-order valence-electron chi connectivity index (χ2n) is 8.65. The molecular weight excluding hydrogens is 405 g/mol. The normalized spacial score (nSPS) is 22.3. The summed E-state index contributed by atoms with van der Waals surface area (Å²) < 4.78 is 43.1. The molecule has 3 rings (SSSR count). The molecule has 31 heavy (non-hydrogen) atoms. The zero-order valence-electron chi connectivity index (χ0n) is 18.1. The third kappa shape index (κ3) is 7.46. The molecule has 170 valence electrons. The number of benzene rings is 1. The Morgan fingerprint density at radius 3 is 2.35 bits per heavy atom. The summed E-state index contributed by atoms with van der Waals surface area (Å²) in [6.07, 6.45) is 3.05. The van der Waals surface area contributed by atoms with Gasteiger partial charge in [-0.05, 0) is 81.8 Å². The first-order chi connectivity index (χ1) is 14.8. The van der Waals surface area contributed by atoms with Gasteiger partial charge in [0.05, 0.1) is 12.1 Å². The highest BCUT2D eigenvalue weighted by molar-refractivity contribution is 5.70. The summed E-state index contributed by atoms with van der Waals surface area (Å²) in [6.45, 7) is 3.78. The van der Waals surface area contributed by atoms with Crippen LogP contribution in [-0.4, -0.2) is 49.1 Å². The number of carbonyl (C=O) groups is 1. The Bertz CT molecular complexity index is 769. The molecule has 1 heterocycles. The van der Waals surface area contributed by atoms with Gasteiger partial charge in [-0.15, -0.1) is 0 Å². The molecule has 1 saturated heterocycles. The van der Waals surface area contributed by atoms with Gasteiger partial charge in [0, 0.05) is 19.5 Å². The van der Waals surface area contributed by atoms with E-state index in [2.05, 4.69) is 16.7 Å². The lowest BCUT2D eigenvalue weighted by atomic mass is 9.82. The van der Waals surface area contributed by atoms with Crippen molar-refractivity contribution in [1.29, 1.82) is 0 Å². The first-order valence-corrected chi connectivity index (χ1v) is 11.1. The van der Waals surface area contributed by atoms with E-state index in [-0.39, 0.29) is 5.75 Å². The zero-order valence-corrected chi connectivity index (χ0v) is 18.1. The van der Waals surface area contributed by atoms with Crippen LogP contribution in [0.5, 0.6) is 5.75 Å². The van der Waals surface area contributed by atoms with Crippen molar-refractivity contribution < 1.29 is 22.7 Å². The zero-order chi connectivity index (χ0) is 22.3. The summed E-state index contributed by atoms with van der Waals surface area (Å²) in [6, 6.07) is 4.16. The Hall–Kier alpha value is -2.20. The quantitative estimate of drug-likeness (QED) is 0.590. The predicted octanol–water partition coefficient (Wildman–Crippen LogP) is 5.43. The maximum Gasteiger partial charge on any atom is 0.416 e. The lowest BCUT2D eigenvalue weighted by Crippen LogP contribution is -2.35. The van der Waals surface area contributed by atoms with Crippen molar-refractivity contribution in [3.8, 4) is 17.6 Å². The molecule has 0 radical (unpaired) electrons. The number of ether oxygens (including phenoxy) is 1. The van der Waals surface area contributed by atoms with Gasteiger partial charge in [0.25, 0.3) is 0 Å². The molecule has 7 heteroatoms. The van der Waals surface area contributed by atoms with E-state index >= 15 is 0 Å². The Morgan fingerprint density at radius 1 is 1.10 bits per heavy atom. The summed E-state index contributed by atoms with van der Waals surface area (Å²) in [5, 5.41) is 0. The minimum Gasteiger partial charge on any atom is -0.410 e. The van der Waals surface area contributed by atoms with Crippen LogP contribution in [0.3, 0.4) is 0 Å². The minimum absolute atomic E-state index is 0.109. The van der Waals surface area contributed by atoms with Gasteiger partial charge in [-0.1, -0.05) is 18.3 Å². The number of alkyl halides is 3. The molecular formula is C24H31F3N2O2. The molecule has 0 atom stereocenters. The van der Waals surface area contributed by atoms with Crippen molar-refractivity contribution in [2.75, 3.05) is 33.2 Å². The second kappa shape index (κ2) is 10.9. The van der Waals surface area contributed by atoms with Crippen LogP contribution in [0.1, 0.15) is 50.5 Å². The van der Waals surface area contributed by atoms with E-state index in [1.165, 1.54) is 36.3 Å². The number of piperidine rings is 1. The fourth-order valence-electron chi connectivity index (χ4n) is 4.26. The molecule has 0 bridgehead atoms. The van der Waals surface area contributed by atoms with Gasteiger partial charge < -0.3 is 9.64 Å². The smallest absolute Gasteiger partial charge is 0.410 e. The van der Waals surface area contributed by atoms with Crippen molar-refractivity contribution >= 4 is 6.09 Å². The topological polar surface area (TPSA) is 32.8 Å². The maximum atomic E-state index is 12.6. The molecule has 1 aliphatic carbocycles. The molecule has 1 saturated carbocycles. The number of halogens is 3. The fraction of sp³-hybridized carbons (Fsp3) is 0.625. The van der Waals surface area contributed by atoms with Crippen LogP contribution >= 0.6 is 0 Å². The Labute approximate surface area is 182 Å². The monoisotopic (exact) mass is 436 g/mol. The van der Waals surface area contributed by atoms with Gasteiger partial charge in [0.2, 0.25) is 0 Å². The number of likely N-dealkylation sites (tertiary alicyclic amines) is 1. The van der Waals surface area contributed by atoms with Crippen molar-refractivity contribution in [3.05, 3.63) is 29.8 Å². The summed E-state index contributed by atoms with van der Waals surface area (Å²) in [4.78, 5) is 16.2. The largest absolute Gasteiger partial charge is 0.416 e. The standard InChI is InChI=1S/C24H31F3N2O2/c1-28(23(30)31-22-13-11-21(12-14-22)24(25,26)27)18-20-9-7-19(8-10-20)6-5-17-29-15-3-2-4-16-29/h11-14,19-20H,2-4,7-10,15-18H2,1H3. The summed E-state index contributed by atoms with van der Waals surface area (Å²) in [5.41, 5.74) is -0.767. The molecule has 4 nitrogen and oxygen atoms in total. The lowest BCUT2D eigenvalue weighted by Gasteiger charge is -2.29. The number of nitrogens with zero attached hydrogens (tertiary/aromatic N) is 2. The SMILES string of the molecule is CN(CC1CCC(C#CCN2CCCCC2)CC1)C(=O)Oc1ccc(C(F)(F)F)cc1. The van der Waals surface area contributed by atoms with Crippen molar-refractivity contribution in [2.24, 2.45) is 11.8 Å². The summed E-state index contributed by atoms with van der Waals surface area (Å²) >= 11 is 0. The molecule has 1 amide bonds. The Kier molecular flexibility index (Phi) is 8.25. The molecule has 2 aliphatic rings. The predicted molar refractivity (Wildman–Crippen MR) is 114 cm³/mol. The van der Waals surface area contributed by atoms with E-state index in [0.717, 1.165) is 57.5 Å². The van der Waals surface area contributed by atoms with Gasteiger partial charge >= 0.3 is 12.3 Å². The van der Waals surface area contributed by atoms with E-state index in [0.29, 0.717) is 18.4 Å². The lowest BCUT2D eigenvalue weighted by molar-refractivity contribution is -0.137. The fourth-order valence-corrected chi connectivity index (χ4v) is 4.26. The van der Waals surface area contributed by atoms with Crippen molar-refractivity contribution in [2.45, 2.75) is 51.1 Å². The number of hydrogen-bond acceptors (Lipinski definition) is 3. The highest BCUT2D eigenvalue weighted by atomic mass is 19.4. The van der Waals surface area contributed by atoms with Crippen molar-refractivity contribution in [1.82, 2.24) is 9.80 Å². The first-order valence-electron chi connectivity index (χ1n) is 11.1. The molecule has 1 aromatic rings. The highest BCUT2D eigenvalue weighted by Crippen LogP contribution is 2.31. The molecule has 0 N–H and O–H groups in total. The first kappa shape index (κ1) is 23.5. The maximum absolute atomic E-state index is 12.6. The number of rotatable bonds is 4. The number of amides is 1. The third-order valence-corrected chi connectivity index (χ3v) is 6.13. The average molecular weight is 437 g/mol. The van der Waals surface area contributed by atoms with E-state index in [1.54, 1.807) is 7.05 Å². The van der Waals surface area contributed by atoms with Crippen LogP contribution in [0.15, 0.2) is 24.3 Å². The Balaban J connectivity index is 1.38. The second-order valence-corrected chi connectivity index (χ2v) is 8.65. The van der Waals surface area contributed by atoms with Crippen LogP contribution in [0, 0.1) is 23.7 Å². The summed E-state index contributed by atoms with van der Waals surface area (Å²) in [7, 11) is 1.66. The summed E-state index contributed by atoms with van der Waals surface area (Å²) in [5.74, 6) is 7.73. The van der Waals surface area contributed by atoms with E-state index in [1.807, 2.05) is 0 Å². The van der Waals surface area contributed by atoms with Gasteiger partial charge in [-0.2, -0.15) is 13.2 Å². The van der Waals surface area contributed by atoms with Crippen LogP contribution in [0.25, 0.3) is 0 Å². The van der Waals surface area contributed by atoms with Crippen LogP contribution in [0.2, 0.25) is 0 Å². The molecule has 0 unspecified atom stereocenters.